The first-order valence-corrected chi connectivity index (χ1v) is 11.2. The standard InChI is InChI=1S/C26H21ClN2O5/c1-16-25-19(14-28(15-33-25)10-9-17-5-7-20(27)8-6-17)13-22-24(30)23(34-26(16)22)12-18-3-2-4-21(11-18)29(31)32/h2-8,11-13H,9-10,14-15H2,1H3/b23-12-. The highest BCUT2D eigenvalue weighted by Gasteiger charge is 2.33. The Morgan fingerprint density at radius 2 is 1.94 bits per heavy atom. The number of nitro groups is 1. The summed E-state index contributed by atoms with van der Waals surface area (Å²) in [6, 6.07) is 15.7. The van der Waals surface area contributed by atoms with E-state index in [1.54, 1.807) is 12.1 Å². The summed E-state index contributed by atoms with van der Waals surface area (Å²) >= 11 is 5.97. The van der Waals surface area contributed by atoms with Crippen LogP contribution in [0.2, 0.25) is 5.02 Å². The summed E-state index contributed by atoms with van der Waals surface area (Å²) in [6.07, 6.45) is 2.39. The van der Waals surface area contributed by atoms with Crippen LogP contribution in [-0.4, -0.2) is 28.9 Å². The van der Waals surface area contributed by atoms with Gasteiger partial charge in [0.25, 0.3) is 5.69 Å². The molecule has 0 atom stereocenters. The molecule has 5 rings (SSSR count). The Morgan fingerprint density at radius 3 is 2.71 bits per heavy atom. The van der Waals surface area contributed by atoms with Crippen LogP contribution in [0.4, 0.5) is 5.69 Å². The van der Waals surface area contributed by atoms with Crippen LogP contribution in [0.5, 0.6) is 11.5 Å². The van der Waals surface area contributed by atoms with E-state index in [4.69, 9.17) is 21.1 Å². The number of rotatable bonds is 5. The molecule has 2 aliphatic heterocycles. The van der Waals surface area contributed by atoms with Gasteiger partial charge in [0.1, 0.15) is 18.2 Å². The molecule has 0 spiro atoms. The number of halogens is 1. The van der Waals surface area contributed by atoms with Crippen molar-refractivity contribution in [1.29, 1.82) is 0 Å². The molecule has 0 radical (unpaired) electrons. The quantitative estimate of drug-likeness (QED) is 0.272. The molecular formula is C26H21ClN2O5. The molecule has 0 N–H and O–H groups in total. The number of Topliss-reactive ketones (excluding diaryl/α,β-unsaturated/α-hetero) is 1. The zero-order chi connectivity index (χ0) is 23.8. The third kappa shape index (κ3) is 4.27. The third-order valence-electron chi connectivity index (χ3n) is 6.01. The fourth-order valence-corrected chi connectivity index (χ4v) is 4.38. The molecule has 34 heavy (non-hydrogen) atoms. The van der Waals surface area contributed by atoms with Gasteiger partial charge in [0.05, 0.1) is 10.5 Å². The van der Waals surface area contributed by atoms with Crippen LogP contribution < -0.4 is 9.47 Å². The van der Waals surface area contributed by atoms with Crippen molar-refractivity contribution in [3.63, 3.8) is 0 Å². The van der Waals surface area contributed by atoms with Crippen LogP contribution in [0.1, 0.15) is 32.6 Å². The van der Waals surface area contributed by atoms with E-state index in [2.05, 4.69) is 4.90 Å². The number of allylic oxidation sites excluding steroid dienone is 1. The molecule has 2 aliphatic rings. The van der Waals surface area contributed by atoms with E-state index < -0.39 is 4.92 Å². The lowest BCUT2D eigenvalue weighted by Crippen LogP contribution is -2.34. The highest BCUT2D eigenvalue weighted by atomic mass is 35.5. The van der Waals surface area contributed by atoms with Gasteiger partial charge in [-0.3, -0.25) is 19.8 Å². The van der Waals surface area contributed by atoms with Gasteiger partial charge in [0, 0.05) is 41.4 Å². The second-order valence-corrected chi connectivity index (χ2v) is 8.80. The smallest absolute Gasteiger partial charge is 0.270 e. The Balaban J connectivity index is 1.36. The molecule has 0 unspecified atom stereocenters. The summed E-state index contributed by atoms with van der Waals surface area (Å²) < 4.78 is 11.9. The molecule has 2 heterocycles. The molecule has 0 saturated carbocycles. The Labute approximate surface area is 201 Å². The lowest BCUT2D eigenvalue weighted by atomic mass is 10.00. The number of hydrogen-bond acceptors (Lipinski definition) is 6. The monoisotopic (exact) mass is 476 g/mol. The van der Waals surface area contributed by atoms with Crippen molar-refractivity contribution in [2.75, 3.05) is 13.3 Å². The number of nitrogens with zero attached hydrogens (tertiary/aromatic N) is 2. The van der Waals surface area contributed by atoms with Crippen molar-refractivity contribution in [3.05, 3.63) is 103 Å². The summed E-state index contributed by atoms with van der Waals surface area (Å²) in [7, 11) is 0. The van der Waals surface area contributed by atoms with Crippen molar-refractivity contribution in [3.8, 4) is 11.5 Å². The van der Waals surface area contributed by atoms with Gasteiger partial charge in [0.2, 0.25) is 5.78 Å². The normalized spacial score (nSPS) is 16.1. The fourth-order valence-electron chi connectivity index (χ4n) is 4.26. The van der Waals surface area contributed by atoms with Crippen LogP contribution in [0.15, 0.2) is 60.4 Å². The van der Waals surface area contributed by atoms with Gasteiger partial charge in [-0.05, 0) is 48.7 Å². The van der Waals surface area contributed by atoms with Crippen LogP contribution in [0.3, 0.4) is 0 Å². The van der Waals surface area contributed by atoms with Crippen molar-refractivity contribution < 1.29 is 19.2 Å². The molecule has 0 aliphatic carbocycles. The number of carbonyl (C=O) groups is 1. The average Bonchev–Trinajstić information content (AvgIpc) is 3.14. The molecule has 7 nitrogen and oxygen atoms in total. The maximum atomic E-state index is 13.1. The minimum atomic E-state index is -0.470. The van der Waals surface area contributed by atoms with Gasteiger partial charge in [0.15, 0.2) is 5.76 Å². The fraction of sp³-hybridized carbons (Fsp3) is 0.192. The van der Waals surface area contributed by atoms with Gasteiger partial charge < -0.3 is 9.47 Å². The molecule has 0 bridgehead atoms. The van der Waals surface area contributed by atoms with Crippen molar-refractivity contribution >= 4 is 29.1 Å². The SMILES string of the molecule is Cc1c2c(cc3c1O/C(=C\c1cccc([N+](=O)[O-])c1)C3=O)CN(CCc1ccc(Cl)cc1)CO2. The molecule has 0 amide bonds. The first-order valence-electron chi connectivity index (χ1n) is 10.8. The average molecular weight is 477 g/mol. The van der Waals surface area contributed by atoms with E-state index in [1.165, 1.54) is 23.8 Å². The van der Waals surface area contributed by atoms with Crippen molar-refractivity contribution in [2.24, 2.45) is 0 Å². The predicted molar refractivity (Wildman–Crippen MR) is 128 cm³/mol. The maximum Gasteiger partial charge on any atom is 0.270 e. The minimum Gasteiger partial charge on any atom is -0.477 e. The van der Waals surface area contributed by atoms with E-state index in [0.717, 1.165) is 29.8 Å². The largest absolute Gasteiger partial charge is 0.477 e. The number of hydrogen-bond donors (Lipinski definition) is 0. The van der Waals surface area contributed by atoms with E-state index in [1.807, 2.05) is 37.3 Å². The first kappa shape index (κ1) is 22.1. The van der Waals surface area contributed by atoms with Gasteiger partial charge in [-0.1, -0.05) is 35.9 Å². The highest BCUT2D eigenvalue weighted by molar-refractivity contribution is 6.30. The topological polar surface area (TPSA) is 81.9 Å². The third-order valence-corrected chi connectivity index (χ3v) is 6.26. The zero-order valence-corrected chi connectivity index (χ0v) is 19.2. The molecule has 8 heteroatoms. The summed E-state index contributed by atoms with van der Waals surface area (Å²) in [5.74, 6) is 1.12. The van der Waals surface area contributed by atoms with Crippen molar-refractivity contribution in [1.82, 2.24) is 4.90 Å². The molecule has 172 valence electrons. The van der Waals surface area contributed by atoms with E-state index >= 15 is 0 Å². The maximum absolute atomic E-state index is 13.1. The Hall–Kier alpha value is -3.68. The van der Waals surface area contributed by atoms with Gasteiger partial charge >= 0.3 is 0 Å². The number of non-ortho nitro benzene ring substituents is 1. The number of ketones is 1. The molecule has 3 aromatic carbocycles. The molecular weight excluding hydrogens is 456 g/mol. The van der Waals surface area contributed by atoms with Gasteiger partial charge in [-0.15, -0.1) is 0 Å². The predicted octanol–water partition coefficient (Wildman–Crippen LogP) is 5.57. The number of benzene rings is 3. The molecule has 0 aromatic heterocycles. The summed E-state index contributed by atoms with van der Waals surface area (Å²) in [5, 5.41) is 11.8. The van der Waals surface area contributed by atoms with Crippen LogP contribution in [0.25, 0.3) is 6.08 Å². The zero-order valence-electron chi connectivity index (χ0n) is 18.4. The van der Waals surface area contributed by atoms with Crippen LogP contribution in [-0.2, 0) is 13.0 Å². The molecule has 0 saturated heterocycles. The minimum absolute atomic E-state index is 0.0453. The summed E-state index contributed by atoms with van der Waals surface area (Å²) in [4.78, 5) is 25.9. The lowest BCUT2D eigenvalue weighted by Gasteiger charge is -2.30. The van der Waals surface area contributed by atoms with E-state index in [0.29, 0.717) is 35.2 Å². The van der Waals surface area contributed by atoms with E-state index in [-0.39, 0.29) is 17.2 Å². The molecule has 0 fully saturated rings. The number of fused-ring (bicyclic) bond motifs is 2. The highest BCUT2D eigenvalue weighted by Crippen LogP contribution is 2.43. The van der Waals surface area contributed by atoms with Gasteiger partial charge in [-0.25, -0.2) is 0 Å². The second kappa shape index (κ2) is 8.93. The number of carbonyl (C=O) groups excluding carboxylic acids is 1. The van der Waals surface area contributed by atoms with Gasteiger partial charge in [-0.2, -0.15) is 0 Å². The Bertz CT molecular complexity index is 1330. The summed E-state index contributed by atoms with van der Waals surface area (Å²) in [6.45, 7) is 3.79. The second-order valence-electron chi connectivity index (χ2n) is 8.36. The Morgan fingerprint density at radius 1 is 1.15 bits per heavy atom. The first-order chi connectivity index (χ1) is 16.4. The van der Waals surface area contributed by atoms with Crippen LogP contribution >= 0.6 is 11.6 Å². The number of ether oxygens (including phenoxy) is 2. The summed E-state index contributed by atoms with van der Waals surface area (Å²) in [5.41, 5.74) is 3.87. The number of nitro benzene ring substituents is 1. The van der Waals surface area contributed by atoms with Crippen LogP contribution in [0, 0.1) is 17.0 Å². The van der Waals surface area contributed by atoms with E-state index in [9.17, 15) is 14.9 Å². The Kier molecular flexibility index (Phi) is 5.81. The molecule has 3 aromatic rings. The van der Waals surface area contributed by atoms with Crippen molar-refractivity contribution in [2.45, 2.75) is 19.9 Å². The lowest BCUT2D eigenvalue weighted by molar-refractivity contribution is -0.384.